The average molecular weight is 740 g/mol. The van der Waals surface area contributed by atoms with Crippen LogP contribution in [-0.4, -0.2) is 49.3 Å². The SMILES string of the molecule is CCCCCCCC/C=C\C/C=C\CCCCC(=O)OCC(COP(=O)(O)OCCN)OC(=O)CCCC/C=C\C/C=C\CCCCCCCC. The highest BCUT2D eigenvalue weighted by Crippen LogP contribution is 2.43. The van der Waals surface area contributed by atoms with Crippen LogP contribution in [-0.2, 0) is 32.7 Å². The number of carbonyl (C=O) groups excluding carboxylic acids is 2. The molecule has 0 aromatic heterocycles. The highest BCUT2D eigenvalue weighted by Gasteiger charge is 2.25. The minimum atomic E-state index is -4.39. The fraction of sp³-hybridized carbons (Fsp3) is 0.756. The zero-order chi connectivity index (χ0) is 37.5. The zero-order valence-corrected chi connectivity index (χ0v) is 33.2. The lowest BCUT2D eigenvalue weighted by Crippen LogP contribution is -2.29. The number of phosphoric acid groups is 1. The third-order valence-electron chi connectivity index (χ3n) is 8.19. The van der Waals surface area contributed by atoms with Crippen molar-refractivity contribution in [3.63, 3.8) is 0 Å². The molecule has 0 spiro atoms. The molecule has 0 aliphatic rings. The van der Waals surface area contributed by atoms with Crippen LogP contribution in [0.4, 0.5) is 0 Å². The van der Waals surface area contributed by atoms with Gasteiger partial charge in [-0.15, -0.1) is 0 Å². The molecule has 2 unspecified atom stereocenters. The Morgan fingerprint density at radius 3 is 1.49 bits per heavy atom. The van der Waals surface area contributed by atoms with E-state index in [9.17, 15) is 19.0 Å². The van der Waals surface area contributed by atoms with Gasteiger partial charge in [-0.1, -0.05) is 127 Å². The normalized spacial score (nSPS) is 13.9. The molecule has 0 bridgehead atoms. The number of phosphoric ester groups is 1. The number of hydrogen-bond acceptors (Lipinski definition) is 8. The molecular formula is C41H74NO8P. The van der Waals surface area contributed by atoms with Gasteiger partial charge in [-0.05, 0) is 77.0 Å². The van der Waals surface area contributed by atoms with Crippen LogP contribution in [0.3, 0.4) is 0 Å². The van der Waals surface area contributed by atoms with Crippen LogP contribution in [0.25, 0.3) is 0 Å². The van der Waals surface area contributed by atoms with Gasteiger partial charge in [0.05, 0.1) is 13.2 Å². The minimum Gasteiger partial charge on any atom is -0.462 e. The molecule has 0 saturated carbocycles. The molecule has 0 aliphatic heterocycles. The Kier molecular flexibility index (Phi) is 36.2. The number of allylic oxidation sites excluding steroid dienone is 8. The molecule has 0 aliphatic carbocycles. The van der Waals surface area contributed by atoms with E-state index in [2.05, 4.69) is 62.5 Å². The first-order chi connectivity index (χ1) is 24.8. The second-order valence-corrected chi connectivity index (χ2v) is 14.6. The van der Waals surface area contributed by atoms with E-state index in [0.29, 0.717) is 12.8 Å². The molecule has 0 heterocycles. The van der Waals surface area contributed by atoms with Gasteiger partial charge in [0, 0.05) is 19.4 Å². The molecule has 2 atom stereocenters. The molecule has 0 amide bonds. The summed E-state index contributed by atoms with van der Waals surface area (Å²) >= 11 is 0. The number of rotatable bonds is 37. The maximum atomic E-state index is 12.5. The van der Waals surface area contributed by atoms with Gasteiger partial charge in [0.15, 0.2) is 6.10 Å². The molecule has 0 aromatic rings. The number of esters is 2. The number of carbonyl (C=O) groups is 2. The van der Waals surface area contributed by atoms with Gasteiger partial charge in [0.25, 0.3) is 0 Å². The van der Waals surface area contributed by atoms with Crippen LogP contribution in [0.15, 0.2) is 48.6 Å². The monoisotopic (exact) mass is 740 g/mol. The molecule has 296 valence electrons. The third-order valence-corrected chi connectivity index (χ3v) is 9.17. The number of ether oxygens (including phenoxy) is 2. The lowest BCUT2D eigenvalue weighted by atomic mass is 10.1. The highest BCUT2D eigenvalue weighted by atomic mass is 31.2. The third kappa shape index (κ3) is 37.5. The predicted octanol–water partition coefficient (Wildman–Crippen LogP) is 11.2. The minimum absolute atomic E-state index is 0.0429. The average Bonchev–Trinajstić information content (AvgIpc) is 3.11. The van der Waals surface area contributed by atoms with Crippen molar-refractivity contribution < 1.29 is 37.6 Å². The summed E-state index contributed by atoms with van der Waals surface area (Å²) in [7, 11) is -4.39. The van der Waals surface area contributed by atoms with Gasteiger partial charge in [-0.3, -0.25) is 18.6 Å². The maximum absolute atomic E-state index is 12.5. The molecule has 51 heavy (non-hydrogen) atoms. The number of unbranched alkanes of at least 4 members (excludes halogenated alkanes) is 16. The predicted molar refractivity (Wildman–Crippen MR) is 210 cm³/mol. The maximum Gasteiger partial charge on any atom is 0.472 e. The molecule has 0 saturated heterocycles. The van der Waals surface area contributed by atoms with Crippen molar-refractivity contribution in [2.45, 2.75) is 174 Å². The Bertz CT molecular complexity index is 981. The Morgan fingerprint density at radius 2 is 1.02 bits per heavy atom. The van der Waals surface area contributed by atoms with E-state index >= 15 is 0 Å². The zero-order valence-electron chi connectivity index (χ0n) is 32.3. The molecule has 10 heteroatoms. The Hall–Kier alpha value is -2.03. The van der Waals surface area contributed by atoms with E-state index in [1.807, 2.05) is 0 Å². The second-order valence-electron chi connectivity index (χ2n) is 13.1. The molecule has 3 N–H and O–H groups in total. The van der Waals surface area contributed by atoms with Crippen LogP contribution in [0.5, 0.6) is 0 Å². The smallest absolute Gasteiger partial charge is 0.462 e. The standard InChI is InChI=1S/C41H74NO8P/c1-3-5-7-9-11-13-15-17-19-21-23-25-27-29-31-33-40(43)47-37-39(38-49-51(45,46)48-36-35-42)50-41(44)34-32-30-28-26-24-22-20-18-16-14-12-10-8-6-4-2/h17-20,23-26,39H,3-16,21-22,27-38,42H2,1-2H3,(H,45,46)/b19-17-,20-18-,25-23-,26-24-. The summed E-state index contributed by atoms with van der Waals surface area (Å²) in [4.78, 5) is 34.7. The van der Waals surface area contributed by atoms with Crippen LogP contribution in [0.1, 0.15) is 168 Å². The molecule has 9 nitrogen and oxygen atoms in total. The summed E-state index contributed by atoms with van der Waals surface area (Å²) in [5, 5.41) is 0. The Morgan fingerprint density at radius 1 is 0.588 bits per heavy atom. The second kappa shape index (κ2) is 37.7. The number of nitrogens with two attached hydrogens (primary N) is 1. The summed E-state index contributed by atoms with van der Waals surface area (Å²) in [5.74, 6) is -0.908. The quantitative estimate of drug-likeness (QED) is 0.0276. The molecular weight excluding hydrogens is 665 g/mol. The van der Waals surface area contributed by atoms with E-state index < -0.39 is 32.5 Å². The first-order valence-electron chi connectivity index (χ1n) is 20.1. The van der Waals surface area contributed by atoms with Crippen molar-refractivity contribution in [2.75, 3.05) is 26.4 Å². The fourth-order valence-electron chi connectivity index (χ4n) is 5.16. The van der Waals surface area contributed by atoms with Crippen molar-refractivity contribution in [3.05, 3.63) is 48.6 Å². The van der Waals surface area contributed by atoms with Crippen molar-refractivity contribution in [1.29, 1.82) is 0 Å². The van der Waals surface area contributed by atoms with Gasteiger partial charge < -0.3 is 20.1 Å². The van der Waals surface area contributed by atoms with Crippen molar-refractivity contribution in [2.24, 2.45) is 5.73 Å². The molecule has 0 aromatic carbocycles. The van der Waals surface area contributed by atoms with E-state index in [-0.39, 0.29) is 32.6 Å². The van der Waals surface area contributed by atoms with Gasteiger partial charge in [0.2, 0.25) is 0 Å². The van der Waals surface area contributed by atoms with Crippen LogP contribution in [0, 0.1) is 0 Å². The van der Waals surface area contributed by atoms with Crippen molar-refractivity contribution in [3.8, 4) is 0 Å². The van der Waals surface area contributed by atoms with Gasteiger partial charge >= 0.3 is 19.8 Å². The highest BCUT2D eigenvalue weighted by molar-refractivity contribution is 7.47. The van der Waals surface area contributed by atoms with Crippen molar-refractivity contribution >= 4 is 19.8 Å². The van der Waals surface area contributed by atoms with Crippen LogP contribution >= 0.6 is 7.82 Å². The molecule has 0 radical (unpaired) electrons. The summed E-state index contributed by atoms with van der Waals surface area (Å²) in [6.45, 7) is 3.63. The summed E-state index contributed by atoms with van der Waals surface area (Å²) in [6, 6.07) is 0. The van der Waals surface area contributed by atoms with E-state index in [1.165, 1.54) is 77.0 Å². The van der Waals surface area contributed by atoms with Gasteiger partial charge in [0.1, 0.15) is 6.61 Å². The van der Waals surface area contributed by atoms with Crippen LogP contribution in [0.2, 0.25) is 0 Å². The first kappa shape index (κ1) is 49.0. The van der Waals surface area contributed by atoms with E-state index in [1.54, 1.807) is 0 Å². The lowest BCUT2D eigenvalue weighted by molar-refractivity contribution is -0.161. The van der Waals surface area contributed by atoms with E-state index in [0.717, 1.165) is 51.4 Å². The summed E-state index contributed by atoms with van der Waals surface area (Å²) in [6.07, 6.45) is 41.5. The lowest BCUT2D eigenvalue weighted by Gasteiger charge is -2.19. The van der Waals surface area contributed by atoms with Gasteiger partial charge in [-0.2, -0.15) is 0 Å². The van der Waals surface area contributed by atoms with Crippen LogP contribution < -0.4 is 5.73 Å². The summed E-state index contributed by atoms with van der Waals surface area (Å²) < 4.78 is 32.6. The topological polar surface area (TPSA) is 134 Å². The molecule has 0 rings (SSSR count). The van der Waals surface area contributed by atoms with Crippen molar-refractivity contribution in [1.82, 2.24) is 0 Å². The largest absolute Gasteiger partial charge is 0.472 e. The first-order valence-corrected chi connectivity index (χ1v) is 21.6. The Balaban J connectivity index is 4.32. The summed E-state index contributed by atoms with van der Waals surface area (Å²) in [5.41, 5.74) is 5.33. The van der Waals surface area contributed by atoms with E-state index in [4.69, 9.17) is 24.3 Å². The van der Waals surface area contributed by atoms with Gasteiger partial charge in [-0.25, -0.2) is 4.57 Å². The fourth-order valence-corrected chi connectivity index (χ4v) is 5.93. The Labute approximate surface area is 311 Å². The molecule has 0 fully saturated rings. The number of hydrogen-bond donors (Lipinski definition) is 2.